The number of carbonyl (C=O) groups excluding carboxylic acids is 2. The monoisotopic (exact) mass is 376 g/mol. The molecule has 0 saturated heterocycles. The van der Waals surface area contributed by atoms with Gasteiger partial charge in [-0.3, -0.25) is 14.5 Å². The van der Waals surface area contributed by atoms with Crippen molar-refractivity contribution in [2.75, 3.05) is 11.9 Å². The topological polar surface area (TPSA) is 67.2 Å². The number of aryl methyl sites for hydroxylation is 3. The molecule has 0 saturated carbocycles. The molecule has 1 N–H and O–H groups in total. The summed E-state index contributed by atoms with van der Waals surface area (Å²) in [6.07, 6.45) is 4.06. The number of para-hydroxylation sites is 1. The Hall–Kier alpha value is -3.15. The lowest BCUT2D eigenvalue weighted by Gasteiger charge is -2.28. The Morgan fingerprint density at radius 2 is 2.04 bits per heavy atom. The van der Waals surface area contributed by atoms with E-state index in [4.69, 9.17) is 0 Å². The van der Waals surface area contributed by atoms with Crippen LogP contribution in [-0.4, -0.2) is 28.4 Å². The molecule has 4 rings (SSSR count). The van der Waals surface area contributed by atoms with Crippen LogP contribution in [0.3, 0.4) is 0 Å². The highest BCUT2D eigenvalue weighted by Crippen LogP contribution is 2.29. The summed E-state index contributed by atoms with van der Waals surface area (Å²) in [5.41, 5.74) is 4.33. The van der Waals surface area contributed by atoms with Crippen LogP contribution in [0, 0.1) is 0 Å². The zero-order valence-electron chi connectivity index (χ0n) is 16.2. The average Bonchev–Trinajstić information content (AvgIpc) is 3.04. The normalized spacial score (nSPS) is 13.6. The van der Waals surface area contributed by atoms with Gasteiger partial charge in [0, 0.05) is 44.3 Å². The maximum Gasteiger partial charge on any atom is 0.228 e. The maximum atomic E-state index is 12.7. The van der Waals surface area contributed by atoms with Crippen LogP contribution >= 0.6 is 0 Å². The zero-order chi connectivity index (χ0) is 19.7. The van der Waals surface area contributed by atoms with Gasteiger partial charge in [0.25, 0.3) is 0 Å². The molecule has 2 aromatic heterocycles. The molecule has 6 heteroatoms. The fourth-order valence-electron chi connectivity index (χ4n) is 3.82. The smallest absolute Gasteiger partial charge is 0.228 e. The number of benzene rings is 1. The van der Waals surface area contributed by atoms with Crippen LogP contribution in [0.1, 0.15) is 29.7 Å². The highest BCUT2D eigenvalue weighted by molar-refractivity contribution is 5.95. The summed E-state index contributed by atoms with van der Waals surface area (Å²) >= 11 is 0. The van der Waals surface area contributed by atoms with Gasteiger partial charge in [0.1, 0.15) is 5.82 Å². The van der Waals surface area contributed by atoms with E-state index in [0.29, 0.717) is 32.2 Å². The summed E-state index contributed by atoms with van der Waals surface area (Å²) < 4.78 is 2.13. The zero-order valence-corrected chi connectivity index (χ0v) is 16.2. The molecule has 0 aliphatic carbocycles. The fourth-order valence-corrected chi connectivity index (χ4v) is 3.82. The van der Waals surface area contributed by atoms with Gasteiger partial charge in [0.2, 0.25) is 11.8 Å². The highest BCUT2D eigenvalue weighted by atomic mass is 16.2. The third-order valence-corrected chi connectivity index (χ3v) is 5.46. The Kier molecular flexibility index (Phi) is 4.86. The Morgan fingerprint density at radius 1 is 1.21 bits per heavy atom. The highest BCUT2D eigenvalue weighted by Gasteiger charge is 2.26. The van der Waals surface area contributed by atoms with Gasteiger partial charge >= 0.3 is 0 Å². The molecular formula is C22H24N4O2. The first-order chi connectivity index (χ1) is 13.6. The number of fused-ring (bicyclic) bond motifs is 2. The standard InChI is InChI=1S/C22H24N4O2/c1-23-20(27)9-7-15-11-17-8-10-21(28)26(22(17)24-13-15)14-18-12-16-5-3-4-6-19(16)25(18)2/h3-6,11-13H,7-10,14H2,1-2H3,(H,23,27). The number of amides is 2. The first kappa shape index (κ1) is 18.2. The quantitative estimate of drug-likeness (QED) is 0.745. The first-order valence-corrected chi connectivity index (χ1v) is 9.59. The maximum absolute atomic E-state index is 12.7. The minimum Gasteiger partial charge on any atom is -0.359 e. The molecular weight excluding hydrogens is 352 g/mol. The van der Waals surface area contributed by atoms with Gasteiger partial charge in [-0.1, -0.05) is 24.3 Å². The van der Waals surface area contributed by atoms with Crippen molar-refractivity contribution in [3.63, 3.8) is 0 Å². The lowest BCUT2D eigenvalue weighted by Crippen LogP contribution is -2.36. The molecule has 144 valence electrons. The molecule has 28 heavy (non-hydrogen) atoms. The second-order valence-electron chi connectivity index (χ2n) is 7.23. The molecule has 6 nitrogen and oxygen atoms in total. The van der Waals surface area contributed by atoms with Crippen LogP contribution in [0.5, 0.6) is 0 Å². The molecule has 0 unspecified atom stereocenters. The Bertz CT molecular complexity index is 1050. The van der Waals surface area contributed by atoms with Gasteiger partial charge in [-0.25, -0.2) is 4.98 Å². The van der Waals surface area contributed by atoms with Gasteiger partial charge in [-0.05, 0) is 41.5 Å². The molecule has 0 fully saturated rings. The number of nitrogens with zero attached hydrogens (tertiary/aromatic N) is 3. The van der Waals surface area contributed by atoms with Gasteiger partial charge in [0.15, 0.2) is 0 Å². The molecule has 0 bridgehead atoms. The third-order valence-electron chi connectivity index (χ3n) is 5.46. The first-order valence-electron chi connectivity index (χ1n) is 9.59. The van der Waals surface area contributed by atoms with E-state index in [9.17, 15) is 9.59 Å². The lowest BCUT2D eigenvalue weighted by molar-refractivity contribution is -0.120. The predicted octanol–water partition coefficient (Wildman–Crippen LogP) is 2.73. The van der Waals surface area contributed by atoms with E-state index in [0.717, 1.165) is 28.2 Å². The SMILES string of the molecule is CNC(=O)CCc1cnc2c(c1)CCC(=O)N2Cc1cc2ccccc2n1C. The predicted molar refractivity (Wildman–Crippen MR) is 109 cm³/mol. The fraction of sp³-hybridized carbons (Fsp3) is 0.318. The summed E-state index contributed by atoms with van der Waals surface area (Å²) in [7, 11) is 3.67. The molecule has 2 amide bonds. The summed E-state index contributed by atoms with van der Waals surface area (Å²) in [5, 5.41) is 3.81. The number of pyridine rings is 1. The lowest BCUT2D eigenvalue weighted by atomic mass is 10.0. The Morgan fingerprint density at radius 3 is 2.82 bits per heavy atom. The number of nitrogens with one attached hydrogen (secondary N) is 1. The van der Waals surface area contributed by atoms with Crippen molar-refractivity contribution in [1.82, 2.24) is 14.9 Å². The van der Waals surface area contributed by atoms with E-state index in [1.807, 2.05) is 19.2 Å². The number of carbonyl (C=O) groups is 2. The molecule has 0 atom stereocenters. The molecule has 3 heterocycles. The van der Waals surface area contributed by atoms with E-state index < -0.39 is 0 Å². The summed E-state index contributed by atoms with van der Waals surface area (Å²) in [5.74, 6) is 0.860. The molecule has 0 spiro atoms. The Balaban J connectivity index is 1.61. The minimum absolute atomic E-state index is 0.0188. The number of aromatic nitrogens is 2. The van der Waals surface area contributed by atoms with E-state index in [-0.39, 0.29) is 11.8 Å². The van der Waals surface area contributed by atoms with Crippen molar-refractivity contribution in [2.45, 2.75) is 32.2 Å². The summed E-state index contributed by atoms with van der Waals surface area (Å²) in [6, 6.07) is 12.4. The van der Waals surface area contributed by atoms with Gasteiger partial charge in [0.05, 0.1) is 6.54 Å². The van der Waals surface area contributed by atoms with Gasteiger partial charge in [-0.2, -0.15) is 0 Å². The van der Waals surface area contributed by atoms with Crippen molar-refractivity contribution < 1.29 is 9.59 Å². The van der Waals surface area contributed by atoms with Crippen molar-refractivity contribution >= 4 is 28.5 Å². The Labute approximate surface area is 164 Å². The van der Waals surface area contributed by atoms with Crippen LogP contribution < -0.4 is 10.2 Å². The summed E-state index contributed by atoms with van der Waals surface area (Å²) in [6.45, 7) is 0.502. The van der Waals surface area contributed by atoms with Crippen LogP contribution in [0.25, 0.3) is 10.9 Å². The van der Waals surface area contributed by atoms with Crippen LogP contribution in [0.2, 0.25) is 0 Å². The third kappa shape index (κ3) is 3.38. The summed E-state index contributed by atoms with van der Waals surface area (Å²) in [4.78, 5) is 30.5. The molecule has 1 aliphatic rings. The number of rotatable bonds is 5. The van der Waals surface area contributed by atoms with E-state index in [1.165, 1.54) is 5.39 Å². The molecule has 3 aromatic rings. The van der Waals surface area contributed by atoms with Crippen LogP contribution in [0.4, 0.5) is 5.82 Å². The van der Waals surface area contributed by atoms with Gasteiger partial charge in [-0.15, -0.1) is 0 Å². The second kappa shape index (κ2) is 7.46. The molecule has 1 aliphatic heterocycles. The van der Waals surface area contributed by atoms with Gasteiger partial charge < -0.3 is 9.88 Å². The van der Waals surface area contributed by atoms with Crippen molar-refractivity contribution in [2.24, 2.45) is 7.05 Å². The van der Waals surface area contributed by atoms with Crippen molar-refractivity contribution in [3.8, 4) is 0 Å². The van der Waals surface area contributed by atoms with E-state index in [2.05, 4.69) is 39.1 Å². The molecule has 1 aromatic carbocycles. The number of anilines is 1. The molecule has 0 radical (unpaired) electrons. The number of hydrogen-bond donors (Lipinski definition) is 1. The van der Waals surface area contributed by atoms with Crippen LogP contribution in [-0.2, 0) is 36.0 Å². The van der Waals surface area contributed by atoms with E-state index >= 15 is 0 Å². The number of hydrogen-bond acceptors (Lipinski definition) is 3. The van der Waals surface area contributed by atoms with Crippen molar-refractivity contribution in [3.05, 3.63) is 59.4 Å². The largest absolute Gasteiger partial charge is 0.359 e. The van der Waals surface area contributed by atoms with Crippen LogP contribution in [0.15, 0.2) is 42.6 Å². The van der Waals surface area contributed by atoms with Crippen molar-refractivity contribution in [1.29, 1.82) is 0 Å². The minimum atomic E-state index is 0.0188. The van der Waals surface area contributed by atoms with E-state index in [1.54, 1.807) is 18.1 Å². The second-order valence-corrected chi connectivity index (χ2v) is 7.23. The average molecular weight is 376 g/mol.